The number of fused-ring (bicyclic) bond motifs is 1. The molecule has 0 saturated carbocycles. The van der Waals surface area contributed by atoms with Crippen molar-refractivity contribution in [3.05, 3.63) is 47.3 Å². The molecule has 2 N–H and O–H groups in total. The van der Waals surface area contributed by atoms with Gasteiger partial charge in [-0.2, -0.15) is 5.10 Å². The summed E-state index contributed by atoms with van der Waals surface area (Å²) in [4.78, 5) is 0.345. The molecule has 3 rings (SSSR count). The summed E-state index contributed by atoms with van der Waals surface area (Å²) in [5, 5.41) is 6.53. The van der Waals surface area contributed by atoms with E-state index in [2.05, 4.69) is 14.9 Å². The lowest BCUT2D eigenvalue weighted by Gasteiger charge is -2.16. The highest BCUT2D eigenvalue weighted by molar-refractivity contribution is 7.89. The van der Waals surface area contributed by atoms with E-state index in [0.29, 0.717) is 4.90 Å². The maximum atomic E-state index is 12.3. The molecule has 5 nitrogen and oxygen atoms in total. The second kappa shape index (κ2) is 5.38. The Morgan fingerprint density at radius 3 is 2.70 bits per heavy atom. The van der Waals surface area contributed by atoms with Gasteiger partial charge in [-0.05, 0) is 55.0 Å². The van der Waals surface area contributed by atoms with Crippen LogP contribution < -0.4 is 4.72 Å². The van der Waals surface area contributed by atoms with Gasteiger partial charge < -0.3 is 0 Å². The first-order chi connectivity index (χ1) is 9.65. The van der Waals surface area contributed by atoms with Gasteiger partial charge in [-0.25, -0.2) is 13.1 Å². The number of nitrogens with zero attached hydrogens (tertiary/aromatic N) is 1. The van der Waals surface area contributed by atoms with Crippen LogP contribution in [-0.4, -0.2) is 18.6 Å². The fourth-order valence-electron chi connectivity index (χ4n) is 2.52. The molecule has 1 aliphatic rings. The Kier molecular flexibility index (Phi) is 3.58. The monoisotopic (exact) mass is 291 g/mol. The maximum Gasteiger partial charge on any atom is 0.240 e. The molecule has 0 unspecified atom stereocenters. The molecule has 20 heavy (non-hydrogen) atoms. The Labute approximate surface area is 118 Å². The van der Waals surface area contributed by atoms with Crippen molar-refractivity contribution in [3.8, 4) is 0 Å². The fourth-order valence-corrected chi connectivity index (χ4v) is 3.57. The van der Waals surface area contributed by atoms with E-state index >= 15 is 0 Å². The number of hydrogen-bond donors (Lipinski definition) is 2. The molecule has 0 atom stereocenters. The molecule has 0 bridgehead atoms. The van der Waals surface area contributed by atoms with Gasteiger partial charge in [0.25, 0.3) is 0 Å². The van der Waals surface area contributed by atoms with Crippen molar-refractivity contribution in [1.29, 1.82) is 0 Å². The predicted octanol–water partition coefficient (Wildman–Crippen LogP) is 1.77. The van der Waals surface area contributed by atoms with Gasteiger partial charge in [-0.3, -0.25) is 5.10 Å². The molecule has 0 radical (unpaired) electrons. The van der Waals surface area contributed by atoms with E-state index in [9.17, 15) is 8.42 Å². The van der Waals surface area contributed by atoms with Crippen molar-refractivity contribution in [2.45, 2.75) is 37.1 Å². The molecule has 0 amide bonds. The summed E-state index contributed by atoms with van der Waals surface area (Å²) in [7, 11) is -3.47. The number of sulfonamides is 1. The summed E-state index contributed by atoms with van der Waals surface area (Å²) < 4.78 is 27.1. The van der Waals surface area contributed by atoms with Gasteiger partial charge in [-0.15, -0.1) is 0 Å². The molecule has 106 valence electrons. The third kappa shape index (κ3) is 2.76. The van der Waals surface area contributed by atoms with Gasteiger partial charge in [0.05, 0.1) is 17.1 Å². The molecular weight excluding hydrogens is 274 g/mol. The summed E-state index contributed by atoms with van der Waals surface area (Å²) >= 11 is 0. The van der Waals surface area contributed by atoms with Crippen molar-refractivity contribution in [2.75, 3.05) is 0 Å². The maximum absolute atomic E-state index is 12.3. The molecule has 0 aliphatic heterocycles. The first-order valence-corrected chi connectivity index (χ1v) is 8.23. The molecule has 0 saturated heterocycles. The minimum atomic E-state index is -3.47. The molecule has 1 aromatic heterocycles. The van der Waals surface area contributed by atoms with Crippen molar-refractivity contribution >= 4 is 10.0 Å². The standard InChI is InChI=1S/C14H17N3O2S/c18-20(19,16-10-13-7-8-15-17-13)14-6-5-11-3-1-2-4-12(11)9-14/h5-9,16H,1-4,10H2,(H,15,17). The second-order valence-electron chi connectivity index (χ2n) is 5.04. The number of benzene rings is 1. The lowest BCUT2D eigenvalue weighted by atomic mass is 9.92. The van der Waals surface area contributed by atoms with Crippen molar-refractivity contribution in [1.82, 2.24) is 14.9 Å². The number of rotatable bonds is 4. The second-order valence-corrected chi connectivity index (χ2v) is 6.81. The number of hydrogen-bond acceptors (Lipinski definition) is 3. The van der Waals surface area contributed by atoms with Gasteiger partial charge in [0, 0.05) is 6.20 Å². The molecule has 1 aromatic carbocycles. The number of H-pyrrole nitrogens is 1. The van der Waals surface area contributed by atoms with E-state index in [1.165, 1.54) is 17.5 Å². The summed E-state index contributed by atoms with van der Waals surface area (Å²) in [5.74, 6) is 0. The smallest absolute Gasteiger partial charge is 0.240 e. The van der Waals surface area contributed by atoms with Crippen LogP contribution in [0, 0.1) is 0 Å². The normalized spacial score (nSPS) is 15.0. The van der Waals surface area contributed by atoms with E-state index < -0.39 is 10.0 Å². The quantitative estimate of drug-likeness (QED) is 0.901. The average molecular weight is 291 g/mol. The Balaban J connectivity index is 1.80. The zero-order chi connectivity index (χ0) is 14.0. The summed E-state index contributed by atoms with van der Waals surface area (Å²) in [5.41, 5.74) is 3.19. The van der Waals surface area contributed by atoms with Crippen molar-refractivity contribution in [3.63, 3.8) is 0 Å². The molecule has 6 heteroatoms. The van der Waals surface area contributed by atoms with Crippen LogP contribution in [0.5, 0.6) is 0 Å². The zero-order valence-corrected chi connectivity index (χ0v) is 11.9. The third-order valence-electron chi connectivity index (χ3n) is 3.64. The van der Waals surface area contributed by atoms with Crippen LogP contribution in [0.3, 0.4) is 0 Å². The first kappa shape index (κ1) is 13.3. The van der Waals surface area contributed by atoms with Crippen molar-refractivity contribution < 1.29 is 8.42 Å². The predicted molar refractivity (Wildman–Crippen MR) is 75.7 cm³/mol. The molecular formula is C14H17N3O2S. The molecule has 2 aromatic rings. The summed E-state index contributed by atoms with van der Waals surface area (Å²) in [6.07, 6.45) is 5.95. The minimum Gasteiger partial charge on any atom is -0.281 e. The number of aryl methyl sites for hydroxylation is 2. The van der Waals surface area contributed by atoms with Crippen LogP contribution in [0.25, 0.3) is 0 Å². The van der Waals surface area contributed by atoms with Gasteiger partial charge in [0.15, 0.2) is 0 Å². The Bertz CT molecular complexity index is 693. The van der Waals surface area contributed by atoms with E-state index in [1.807, 2.05) is 12.1 Å². The first-order valence-electron chi connectivity index (χ1n) is 6.75. The molecule has 0 spiro atoms. The third-order valence-corrected chi connectivity index (χ3v) is 5.04. The van der Waals surface area contributed by atoms with E-state index in [-0.39, 0.29) is 6.54 Å². The highest BCUT2D eigenvalue weighted by Crippen LogP contribution is 2.24. The number of aromatic amines is 1. The van der Waals surface area contributed by atoms with E-state index in [4.69, 9.17) is 0 Å². The van der Waals surface area contributed by atoms with Crippen LogP contribution in [0.4, 0.5) is 0 Å². The SMILES string of the molecule is O=S(=O)(NCc1ccn[nH]1)c1ccc2c(c1)CCCC2. The summed E-state index contributed by atoms with van der Waals surface area (Å²) in [6, 6.07) is 7.19. The molecule has 1 heterocycles. The zero-order valence-electron chi connectivity index (χ0n) is 11.1. The largest absolute Gasteiger partial charge is 0.281 e. The van der Waals surface area contributed by atoms with Crippen LogP contribution in [0.15, 0.2) is 35.4 Å². The summed E-state index contributed by atoms with van der Waals surface area (Å²) in [6.45, 7) is 0.222. The topological polar surface area (TPSA) is 74.8 Å². The van der Waals surface area contributed by atoms with Crippen LogP contribution in [0.2, 0.25) is 0 Å². The van der Waals surface area contributed by atoms with Gasteiger partial charge >= 0.3 is 0 Å². The Morgan fingerprint density at radius 2 is 1.95 bits per heavy atom. The Hall–Kier alpha value is -1.66. The van der Waals surface area contributed by atoms with E-state index in [1.54, 1.807) is 18.3 Å². The molecule has 0 fully saturated rings. The highest BCUT2D eigenvalue weighted by Gasteiger charge is 2.17. The average Bonchev–Trinajstić information content (AvgIpc) is 2.98. The van der Waals surface area contributed by atoms with E-state index in [0.717, 1.165) is 25.0 Å². The van der Waals surface area contributed by atoms with Gasteiger partial charge in [-0.1, -0.05) is 6.07 Å². The van der Waals surface area contributed by atoms with Gasteiger partial charge in [0.1, 0.15) is 0 Å². The molecule has 1 aliphatic carbocycles. The van der Waals surface area contributed by atoms with Gasteiger partial charge in [0.2, 0.25) is 10.0 Å². The number of aromatic nitrogens is 2. The lowest BCUT2D eigenvalue weighted by Crippen LogP contribution is -2.23. The van der Waals surface area contributed by atoms with Crippen LogP contribution >= 0.6 is 0 Å². The minimum absolute atomic E-state index is 0.222. The van der Waals surface area contributed by atoms with Crippen molar-refractivity contribution in [2.24, 2.45) is 0 Å². The van der Waals surface area contributed by atoms with Crippen LogP contribution in [0.1, 0.15) is 29.7 Å². The number of nitrogens with one attached hydrogen (secondary N) is 2. The van der Waals surface area contributed by atoms with Crippen LogP contribution in [-0.2, 0) is 29.4 Å². The lowest BCUT2D eigenvalue weighted by molar-refractivity contribution is 0.579. The Morgan fingerprint density at radius 1 is 1.15 bits per heavy atom. The fraction of sp³-hybridized carbons (Fsp3) is 0.357. The highest BCUT2D eigenvalue weighted by atomic mass is 32.2.